The van der Waals surface area contributed by atoms with Gasteiger partial charge in [0.2, 0.25) is 5.95 Å². The van der Waals surface area contributed by atoms with Gasteiger partial charge in [0.05, 0.1) is 16.5 Å². The van der Waals surface area contributed by atoms with Crippen molar-refractivity contribution in [1.82, 2.24) is 24.8 Å². The Morgan fingerprint density at radius 1 is 0.645 bits per heavy atom. The molecule has 2 radical (unpaired) electrons. The average Bonchev–Trinajstić information content (AvgIpc) is 4.30. The Kier molecular flexibility index (Phi) is 11.8. The Bertz CT molecular complexity index is 4210. The van der Waals surface area contributed by atoms with Crippen LogP contribution in [0.4, 0.5) is 22.7 Å². The number of nitrogens with one attached hydrogen (secondary N) is 2. The molecular weight excluding hydrogens is 1110 g/mol. The third-order valence-corrected chi connectivity index (χ3v) is 13.2. The van der Waals surface area contributed by atoms with Crippen LogP contribution in [-0.2, 0) is 33.5 Å². The van der Waals surface area contributed by atoms with Crippen LogP contribution in [-0.4, -0.2) is 28.7 Å². The maximum Gasteiger partial charge on any atom is 0.213 e. The van der Waals surface area contributed by atoms with Crippen molar-refractivity contribution in [2.24, 2.45) is 6.98 Å². The number of nitrogens with zero attached hydrogens (tertiary/aromatic N) is 5. The van der Waals surface area contributed by atoms with Crippen molar-refractivity contribution >= 4 is 81.1 Å². The summed E-state index contributed by atoms with van der Waals surface area (Å²) in [6, 6.07) is 42.6. The average molecular weight is 1170 g/mol. The molecule has 9 aromatic rings. The fraction of sp³-hybridized carbons (Fsp3) is 0.0769. The molecule has 2 aromatic heterocycles. The van der Waals surface area contributed by atoms with Gasteiger partial charge in [-0.15, -0.1) is 65.6 Å². The molecular formula is C65H52B2N7OPt-3. The second-order valence-corrected chi connectivity index (χ2v) is 19.1. The molecule has 0 atom stereocenters. The molecule has 0 fully saturated rings. The molecule has 3 aliphatic heterocycles. The zero-order valence-corrected chi connectivity index (χ0v) is 44.0. The van der Waals surface area contributed by atoms with Crippen LogP contribution in [0.25, 0.3) is 60.9 Å². The number of allylic oxidation sites excluding steroid dienone is 8. The van der Waals surface area contributed by atoms with Crippen molar-refractivity contribution < 1.29 is 35.4 Å². The molecule has 3 aliphatic rings. The summed E-state index contributed by atoms with van der Waals surface area (Å²) in [7, 11) is 4.29. The van der Waals surface area contributed by atoms with E-state index in [-0.39, 0.29) is 66.7 Å². The Labute approximate surface area is 470 Å². The first-order chi connectivity index (χ1) is 39.6. The van der Waals surface area contributed by atoms with Crippen LogP contribution >= 0.6 is 0 Å². The summed E-state index contributed by atoms with van der Waals surface area (Å²) in [5.74, 6) is 4.58. The number of benzene rings is 7. The summed E-state index contributed by atoms with van der Waals surface area (Å²) >= 11 is 0. The summed E-state index contributed by atoms with van der Waals surface area (Å²) < 4.78 is 71.3. The number of anilines is 4. The molecule has 0 amide bonds. The molecule has 0 unspecified atom stereocenters. The first kappa shape index (κ1) is 41.8. The minimum Gasteiger partial charge on any atom is -0.509 e. The molecule has 0 spiro atoms. The zero-order valence-electron chi connectivity index (χ0n) is 48.7. The van der Waals surface area contributed by atoms with Gasteiger partial charge in [-0.2, -0.15) is 6.07 Å². The third kappa shape index (κ3) is 9.73. The van der Waals surface area contributed by atoms with E-state index in [1.165, 1.54) is 4.57 Å². The summed E-state index contributed by atoms with van der Waals surface area (Å²) in [5, 5.41) is 7.06. The van der Waals surface area contributed by atoms with Gasteiger partial charge in [-0.3, -0.25) is 0 Å². The SMILES string of the molecule is [2H]c1c([2H])c([2H])c2c(c1[2H])c1ccc(Oc3[c-]c(N4[CH-]N(c5c(/C6=C/C=C\N/C=C\C=C/[B]6)cc(C(C)(C)C)cc5/C5=C/C=C\N/C=C\C=C/[B]5)c5ccccc54)cc(-c4ccccc4)c3)[c-]c1n2-c1nc2ccccc2n1C([2H])([2H])[2H].[Pt]. The van der Waals surface area contributed by atoms with E-state index in [1.807, 2.05) is 110 Å². The predicted molar refractivity (Wildman–Crippen MR) is 313 cm³/mol. The second kappa shape index (κ2) is 21.4. The number of para-hydroxylation sites is 5. The standard InChI is InChI=1S/C65H52B2N7O.Pt/c1-65(2,3)47-40-53(55-23-18-36-68-34-16-14-32-66-55)63(54(41-47)56-24-19-37-69-35-17-15-33-67-56)73-44-72(60-28-12-13-29-61(60)73)48-38-46(45-20-6-5-7-21-45)39-50(42-48)75-49-30-31-52-51-22-8-10-26-58(51)74(62(52)43-49)64-70-57-25-9-11-27-59(57)71(64)4;/h5-41,44,68-69H,1-4H3;/q-3;/b32-14-,33-15-,34-16-,35-17-,36-18-,37-19-,55-23-,56-24-;/i4D3,8D,10D,22D,26D;. The number of hydrogen-bond acceptors (Lipinski definition) is 6. The predicted octanol–water partition coefficient (Wildman–Crippen LogP) is 14.8. The number of aromatic nitrogens is 3. The summed E-state index contributed by atoms with van der Waals surface area (Å²) in [6.07, 6.45) is 23.8. The number of fused-ring (bicyclic) bond motifs is 5. The molecule has 11 heteroatoms. The molecule has 5 heterocycles. The molecule has 7 aromatic carbocycles. The van der Waals surface area contributed by atoms with E-state index in [2.05, 4.69) is 129 Å². The van der Waals surface area contributed by atoms with Crippen LogP contribution in [0.1, 0.15) is 47.1 Å². The van der Waals surface area contributed by atoms with E-state index in [0.29, 0.717) is 27.9 Å². The van der Waals surface area contributed by atoms with E-state index in [1.54, 1.807) is 36.4 Å². The third-order valence-electron chi connectivity index (χ3n) is 13.2. The molecule has 8 nitrogen and oxygen atoms in total. The molecule has 0 aliphatic carbocycles. The smallest absolute Gasteiger partial charge is 0.213 e. The number of rotatable bonds is 8. The van der Waals surface area contributed by atoms with Gasteiger partial charge >= 0.3 is 0 Å². The molecule has 0 saturated carbocycles. The summed E-state index contributed by atoms with van der Waals surface area (Å²) in [5.41, 5.74) is 11.1. The monoisotopic (exact) mass is 1170 g/mol. The maximum absolute atomic E-state index is 9.22. The van der Waals surface area contributed by atoms with Gasteiger partial charge in [0.15, 0.2) is 14.6 Å². The van der Waals surface area contributed by atoms with Crippen LogP contribution in [0.15, 0.2) is 225 Å². The Balaban J connectivity index is 0.00000721. The fourth-order valence-electron chi connectivity index (χ4n) is 9.59. The van der Waals surface area contributed by atoms with Crippen LogP contribution in [0, 0.1) is 18.8 Å². The van der Waals surface area contributed by atoms with Crippen LogP contribution < -0.4 is 25.2 Å². The Morgan fingerprint density at radius 2 is 1.30 bits per heavy atom. The Morgan fingerprint density at radius 3 is 2.01 bits per heavy atom. The van der Waals surface area contributed by atoms with Crippen LogP contribution in [0.2, 0.25) is 0 Å². The quantitative estimate of drug-likeness (QED) is 0.117. The van der Waals surface area contributed by atoms with Crippen molar-refractivity contribution in [2.45, 2.75) is 26.2 Å². The molecule has 372 valence electrons. The van der Waals surface area contributed by atoms with E-state index >= 15 is 0 Å². The van der Waals surface area contributed by atoms with Crippen molar-refractivity contribution in [1.29, 1.82) is 0 Å². The topological polar surface area (TPSA) is 62.5 Å². The van der Waals surface area contributed by atoms with Gasteiger partial charge in [0, 0.05) is 91.0 Å². The molecule has 0 bridgehead atoms. The van der Waals surface area contributed by atoms with Gasteiger partial charge in [-0.05, 0) is 99.8 Å². The number of aryl methyl sites for hydroxylation is 1. The molecule has 0 saturated heterocycles. The van der Waals surface area contributed by atoms with Crippen LogP contribution in [0.3, 0.4) is 0 Å². The van der Waals surface area contributed by atoms with Gasteiger partial charge in [0.25, 0.3) is 0 Å². The van der Waals surface area contributed by atoms with Crippen molar-refractivity contribution in [3.05, 3.63) is 260 Å². The van der Waals surface area contributed by atoms with Gasteiger partial charge < -0.3 is 34.3 Å². The second-order valence-electron chi connectivity index (χ2n) is 19.1. The normalized spacial score (nSPS) is 19.8. The molecule has 12 rings (SSSR count). The maximum atomic E-state index is 9.22. The van der Waals surface area contributed by atoms with E-state index in [4.69, 9.17) is 17.9 Å². The molecule has 76 heavy (non-hydrogen) atoms. The first-order valence-corrected chi connectivity index (χ1v) is 24.7. The number of ether oxygens (including phenoxy) is 1. The summed E-state index contributed by atoms with van der Waals surface area (Å²) in [4.78, 5) is 9.19. The van der Waals surface area contributed by atoms with Gasteiger partial charge in [0.1, 0.15) is 0 Å². The van der Waals surface area contributed by atoms with E-state index < -0.39 is 19.1 Å². The van der Waals surface area contributed by atoms with Gasteiger partial charge in [-0.1, -0.05) is 134 Å². The number of hydrogen-bond donors (Lipinski definition) is 2. The number of imidazole rings is 1. The largest absolute Gasteiger partial charge is 0.509 e. The van der Waals surface area contributed by atoms with E-state index in [0.717, 1.165) is 60.4 Å². The van der Waals surface area contributed by atoms with E-state index in [9.17, 15) is 1.37 Å². The fourth-order valence-corrected chi connectivity index (χ4v) is 9.59. The van der Waals surface area contributed by atoms with Crippen molar-refractivity contribution in [2.75, 3.05) is 9.80 Å². The Hall–Kier alpha value is -8.45. The minimum absolute atomic E-state index is 0. The zero-order chi connectivity index (χ0) is 56.9. The van der Waals surface area contributed by atoms with Crippen molar-refractivity contribution in [3.8, 4) is 28.6 Å². The summed E-state index contributed by atoms with van der Waals surface area (Å²) in [6.45, 7) is 6.07. The minimum atomic E-state index is -2.74. The van der Waals surface area contributed by atoms with Crippen molar-refractivity contribution in [3.63, 3.8) is 0 Å². The van der Waals surface area contributed by atoms with Crippen LogP contribution in [0.5, 0.6) is 11.5 Å². The van der Waals surface area contributed by atoms with Gasteiger partial charge in [-0.25, -0.2) is 4.98 Å². The first-order valence-electron chi connectivity index (χ1n) is 28.2. The molecule has 2 N–H and O–H groups in total.